The van der Waals surface area contributed by atoms with Crippen LogP contribution in [0.15, 0.2) is 10.8 Å². The van der Waals surface area contributed by atoms with Crippen LogP contribution in [0.2, 0.25) is 0 Å². The van der Waals surface area contributed by atoms with E-state index in [2.05, 4.69) is 20.2 Å². The minimum atomic E-state index is 0.608. The Morgan fingerprint density at radius 1 is 1.11 bits per heavy atom. The molecule has 2 aromatic heterocycles. The molecule has 1 aliphatic rings. The van der Waals surface area contributed by atoms with Crippen molar-refractivity contribution in [2.45, 2.75) is 19.3 Å². The third-order valence-electron chi connectivity index (χ3n) is 3.18. The van der Waals surface area contributed by atoms with E-state index in [-0.39, 0.29) is 0 Å². The molecule has 0 radical (unpaired) electrons. The Balaban J connectivity index is 1.62. The van der Waals surface area contributed by atoms with Gasteiger partial charge in [-0.2, -0.15) is 0 Å². The molecular formula is C12H16N4S2. The van der Waals surface area contributed by atoms with Crippen LogP contribution in [-0.2, 0) is 6.42 Å². The number of nitrogens with two attached hydrogens (primary N) is 1. The first-order chi connectivity index (χ1) is 8.81. The zero-order valence-corrected chi connectivity index (χ0v) is 11.8. The molecule has 1 saturated heterocycles. The van der Waals surface area contributed by atoms with Gasteiger partial charge in [0.25, 0.3) is 0 Å². The van der Waals surface area contributed by atoms with Crippen molar-refractivity contribution in [3.63, 3.8) is 0 Å². The number of hydrogen-bond donors (Lipinski definition) is 1. The number of hydrogen-bond acceptors (Lipinski definition) is 6. The van der Waals surface area contributed by atoms with E-state index >= 15 is 0 Å². The maximum absolute atomic E-state index is 5.64. The minimum absolute atomic E-state index is 0.608. The van der Waals surface area contributed by atoms with Gasteiger partial charge >= 0.3 is 0 Å². The first kappa shape index (κ1) is 12.1. The van der Waals surface area contributed by atoms with Gasteiger partial charge in [0.1, 0.15) is 11.4 Å². The van der Waals surface area contributed by atoms with Crippen LogP contribution < -0.4 is 5.73 Å². The minimum Gasteiger partial charge on any atom is -0.375 e. The van der Waals surface area contributed by atoms with E-state index in [0.717, 1.165) is 24.4 Å². The highest BCUT2D eigenvalue weighted by atomic mass is 32.1. The number of likely N-dealkylation sites (tertiary alicyclic amines) is 1. The number of anilines is 1. The second-order valence-corrected chi connectivity index (χ2v) is 6.33. The molecule has 0 aliphatic carbocycles. The number of aromatic nitrogens is 2. The molecule has 3 heterocycles. The molecule has 2 N–H and O–H groups in total. The molecule has 0 spiro atoms. The normalized spacial score (nSPS) is 16.4. The van der Waals surface area contributed by atoms with E-state index < -0.39 is 0 Å². The van der Waals surface area contributed by atoms with Crippen LogP contribution in [0.1, 0.15) is 17.8 Å². The van der Waals surface area contributed by atoms with Crippen molar-refractivity contribution in [2.24, 2.45) is 0 Å². The van der Waals surface area contributed by atoms with Gasteiger partial charge in [-0.15, -0.1) is 22.7 Å². The molecule has 18 heavy (non-hydrogen) atoms. The Morgan fingerprint density at radius 2 is 1.83 bits per heavy atom. The van der Waals surface area contributed by atoms with E-state index in [0.29, 0.717) is 5.13 Å². The van der Waals surface area contributed by atoms with Crippen LogP contribution in [0.5, 0.6) is 0 Å². The molecule has 1 fully saturated rings. The summed E-state index contributed by atoms with van der Waals surface area (Å²) in [7, 11) is 0. The third kappa shape index (κ3) is 2.71. The van der Waals surface area contributed by atoms with Crippen molar-refractivity contribution in [1.29, 1.82) is 0 Å². The SMILES string of the molecule is Nc1nc(-c2csc(CCN3CCCC3)n2)cs1. The second kappa shape index (κ2) is 5.34. The molecule has 2 aromatic rings. The number of nitrogen functional groups attached to an aromatic ring is 1. The molecular weight excluding hydrogens is 264 g/mol. The van der Waals surface area contributed by atoms with Crippen molar-refractivity contribution in [3.05, 3.63) is 15.8 Å². The number of nitrogens with zero attached hydrogens (tertiary/aromatic N) is 3. The smallest absolute Gasteiger partial charge is 0.180 e. The quantitative estimate of drug-likeness (QED) is 0.935. The Morgan fingerprint density at radius 3 is 2.56 bits per heavy atom. The fraction of sp³-hybridized carbons (Fsp3) is 0.500. The summed E-state index contributed by atoms with van der Waals surface area (Å²) in [4.78, 5) is 11.4. The Hall–Kier alpha value is -0.980. The topological polar surface area (TPSA) is 55.0 Å². The van der Waals surface area contributed by atoms with Crippen LogP contribution in [0.25, 0.3) is 11.4 Å². The molecule has 96 valence electrons. The fourth-order valence-corrected chi connectivity index (χ4v) is 3.55. The summed E-state index contributed by atoms with van der Waals surface area (Å²) in [5, 5.41) is 5.85. The molecule has 0 bridgehead atoms. The Bertz CT molecular complexity index is 514. The summed E-state index contributed by atoms with van der Waals surface area (Å²) in [6.45, 7) is 3.63. The van der Waals surface area contributed by atoms with Crippen LogP contribution in [0.3, 0.4) is 0 Å². The summed E-state index contributed by atoms with van der Waals surface area (Å²) >= 11 is 3.19. The zero-order chi connectivity index (χ0) is 12.4. The summed E-state index contributed by atoms with van der Waals surface area (Å²) in [6, 6.07) is 0. The standard InChI is InChI=1S/C12H16N4S2/c13-12-15-10(8-18-12)9-7-17-11(14-9)3-6-16-4-1-2-5-16/h7-8H,1-6H2,(H2,13,15). The van der Waals surface area contributed by atoms with Crippen LogP contribution >= 0.6 is 22.7 Å². The number of rotatable bonds is 4. The van der Waals surface area contributed by atoms with E-state index in [9.17, 15) is 0 Å². The molecule has 0 aromatic carbocycles. The molecule has 0 saturated carbocycles. The fourth-order valence-electron chi connectivity index (χ4n) is 2.21. The summed E-state index contributed by atoms with van der Waals surface area (Å²) in [5.74, 6) is 0. The lowest BCUT2D eigenvalue weighted by molar-refractivity contribution is 0.343. The lowest BCUT2D eigenvalue weighted by Crippen LogP contribution is -2.21. The Labute approximate surface area is 114 Å². The predicted octanol–water partition coefficient (Wildman–Crippen LogP) is 2.49. The third-order valence-corrected chi connectivity index (χ3v) is 4.76. The van der Waals surface area contributed by atoms with Crippen molar-refractivity contribution >= 4 is 27.8 Å². The second-order valence-electron chi connectivity index (χ2n) is 4.50. The van der Waals surface area contributed by atoms with Gasteiger partial charge in [0.2, 0.25) is 0 Å². The highest BCUT2D eigenvalue weighted by Gasteiger charge is 2.13. The maximum atomic E-state index is 5.64. The summed E-state index contributed by atoms with van der Waals surface area (Å²) in [6.07, 6.45) is 3.74. The van der Waals surface area contributed by atoms with Crippen molar-refractivity contribution in [2.75, 3.05) is 25.4 Å². The monoisotopic (exact) mass is 280 g/mol. The van der Waals surface area contributed by atoms with Gasteiger partial charge in [-0.05, 0) is 25.9 Å². The van der Waals surface area contributed by atoms with Crippen LogP contribution in [-0.4, -0.2) is 34.5 Å². The highest BCUT2D eigenvalue weighted by Crippen LogP contribution is 2.25. The molecule has 1 aliphatic heterocycles. The Kier molecular flexibility index (Phi) is 3.58. The molecule has 0 amide bonds. The molecule has 6 heteroatoms. The maximum Gasteiger partial charge on any atom is 0.180 e. The first-order valence-electron chi connectivity index (χ1n) is 6.19. The average molecular weight is 280 g/mol. The van der Waals surface area contributed by atoms with E-state index in [4.69, 9.17) is 5.73 Å². The lowest BCUT2D eigenvalue weighted by Gasteiger charge is -2.12. The van der Waals surface area contributed by atoms with Crippen LogP contribution in [0, 0.1) is 0 Å². The predicted molar refractivity (Wildman–Crippen MR) is 77.0 cm³/mol. The van der Waals surface area contributed by atoms with Crippen molar-refractivity contribution in [1.82, 2.24) is 14.9 Å². The van der Waals surface area contributed by atoms with Crippen molar-refractivity contribution in [3.8, 4) is 11.4 Å². The zero-order valence-electron chi connectivity index (χ0n) is 10.1. The average Bonchev–Trinajstić information content (AvgIpc) is 3.07. The van der Waals surface area contributed by atoms with Gasteiger partial charge in [0.05, 0.1) is 5.01 Å². The number of thiazole rings is 2. The largest absolute Gasteiger partial charge is 0.375 e. The summed E-state index contributed by atoms with van der Waals surface area (Å²) < 4.78 is 0. The van der Waals surface area contributed by atoms with E-state index in [1.165, 1.54) is 42.3 Å². The van der Waals surface area contributed by atoms with E-state index in [1.807, 2.05) is 5.38 Å². The van der Waals surface area contributed by atoms with Gasteiger partial charge < -0.3 is 10.6 Å². The molecule has 0 unspecified atom stereocenters. The van der Waals surface area contributed by atoms with Crippen molar-refractivity contribution < 1.29 is 0 Å². The van der Waals surface area contributed by atoms with Gasteiger partial charge in [0, 0.05) is 23.7 Å². The van der Waals surface area contributed by atoms with Gasteiger partial charge in [-0.25, -0.2) is 9.97 Å². The lowest BCUT2D eigenvalue weighted by atomic mass is 10.3. The highest BCUT2D eigenvalue weighted by molar-refractivity contribution is 7.14. The van der Waals surface area contributed by atoms with Gasteiger partial charge in [0.15, 0.2) is 5.13 Å². The first-order valence-corrected chi connectivity index (χ1v) is 7.95. The van der Waals surface area contributed by atoms with Gasteiger partial charge in [-0.1, -0.05) is 0 Å². The van der Waals surface area contributed by atoms with Crippen LogP contribution in [0.4, 0.5) is 5.13 Å². The molecule has 3 rings (SSSR count). The van der Waals surface area contributed by atoms with Gasteiger partial charge in [-0.3, -0.25) is 0 Å². The molecule has 4 nitrogen and oxygen atoms in total. The van der Waals surface area contributed by atoms with E-state index in [1.54, 1.807) is 11.3 Å². The molecule has 0 atom stereocenters. The summed E-state index contributed by atoms with van der Waals surface area (Å²) in [5.41, 5.74) is 7.51.